The Morgan fingerprint density at radius 2 is 2.09 bits per heavy atom. The maximum Gasteiger partial charge on any atom is 0.315 e. The van der Waals surface area contributed by atoms with Crippen LogP contribution >= 0.6 is 0 Å². The van der Waals surface area contributed by atoms with Crippen LogP contribution in [0.3, 0.4) is 0 Å². The van der Waals surface area contributed by atoms with Gasteiger partial charge in [-0.2, -0.15) is 0 Å². The van der Waals surface area contributed by atoms with Crippen LogP contribution in [0.4, 0.5) is 4.79 Å². The highest BCUT2D eigenvalue weighted by molar-refractivity contribution is 5.74. The van der Waals surface area contributed by atoms with Gasteiger partial charge in [0, 0.05) is 6.54 Å². The zero-order valence-electron chi connectivity index (χ0n) is 13.3. The van der Waals surface area contributed by atoms with E-state index in [1.807, 2.05) is 30.3 Å². The first kappa shape index (κ1) is 15.4. The third-order valence-electron chi connectivity index (χ3n) is 4.26. The van der Waals surface area contributed by atoms with Gasteiger partial charge in [-0.15, -0.1) is 0 Å². The van der Waals surface area contributed by atoms with Gasteiger partial charge in [-0.1, -0.05) is 36.4 Å². The predicted molar refractivity (Wildman–Crippen MR) is 90.5 cm³/mol. The average Bonchev–Trinajstić information content (AvgIpc) is 2.60. The number of aryl methyl sites for hydroxylation is 1. The van der Waals surface area contributed by atoms with Crippen molar-refractivity contribution in [2.75, 3.05) is 7.11 Å². The van der Waals surface area contributed by atoms with E-state index in [-0.39, 0.29) is 12.1 Å². The summed E-state index contributed by atoms with van der Waals surface area (Å²) in [6.45, 7) is 0.484. The molecule has 3 rings (SSSR count). The van der Waals surface area contributed by atoms with Crippen molar-refractivity contribution in [3.8, 4) is 5.75 Å². The Kier molecular flexibility index (Phi) is 4.81. The summed E-state index contributed by atoms with van der Waals surface area (Å²) in [6.07, 6.45) is 3.20. The summed E-state index contributed by atoms with van der Waals surface area (Å²) in [5.74, 6) is 0.797. The molecule has 0 radical (unpaired) electrons. The fourth-order valence-electron chi connectivity index (χ4n) is 3.08. The SMILES string of the molecule is COc1cccc(CNC(=O)NC2CCCc3ccccc32)c1. The molecule has 2 amide bonds. The maximum atomic E-state index is 12.2. The summed E-state index contributed by atoms with van der Waals surface area (Å²) in [6, 6.07) is 16.0. The topological polar surface area (TPSA) is 50.4 Å². The molecule has 4 heteroatoms. The molecule has 0 heterocycles. The fraction of sp³-hybridized carbons (Fsp3) is 0.316. The molecule has 0 saturated heterocycles. The molecule has 2 aromatic carbocycles. The number of amides is 2. The second-order valence-corrected chi connectivity index (χ2v) is 5.82. The number of methoxy groups -OCH3 is 1. The van der Waals surface area contributed by atoms with E-state index in [4.69, 9.17) is 4.74 Å². The summed E-state index contributed by atoms with van der Waals surface area (Å²) >= 11 is 0. The molecular formula is C19H22N2O2. The van der Waals surface area contributed by atoms with Crippen LogP contribution in [0.2, 0.25) is 0 Å². The van der Waals surface area contributed by atoms with Crippen molar-refractivity contribution in [2.45, 2.75) is 31.8 Å². The first-order chi connectivity index (χ1) is 11.3. The van der Waals surface area contributed by atoms with Crippen LogP contribution in [0.1, 0.15) is 35.6 Å². The number of urea groups is 1. The molecule has 0 aromatic heterocycles. The summed E-state index contributed by atoms with van der Waals surface area (Å²) in [5.41, 5.74) is 3.61. The van der Waals surface area contributed by atoms with Crippen molar-refractivity contribution >= 4 is 6.03 Å². The van der Waals surface area contributed by atoms with Gasteiger partial charge in [0.25, 0.3) is 0 Å². The van der Waals surface area contributed by atoms with Crippen LogP contribution in [0.15, 0.2) is 48.5 Å². The number of fused-ring (bicyclic) bond motifs is 1. The lowest BCUT2D eigenvalue weighted by atomic mass is 9.88. The average molecular weight is 310 g/mol. The van der Waals surface area contributed by atoms with Gasteiger partial charge in [0.15, 0.2) is 0 Å². The monoisotopic (exact) mass is 310 g/mol. The first-order valence-electron chi connectivity index (χ1n) is 8.01. The molecule has 120 valence electrons. The Balaban J connectivity index is 1.58. The molecule has 2 aromatic rings. The van der Waals surface area contributed by atoms with E-state index in [1.165, 1.54) is 11.1 Å². The Morgan fingerprint density at radius 1 is 1.22 bits per heavy atom. The highest BCUT2D eigenvalue weighted by Crippen LogP contribution is 2.29. The Labute approximate surface area is 136 Å². The maximum absolute atomic E-state index is 12.2. The van der Waals surface area contributed by atoms with Crippen molar-refractivity contribution in [3.63, 3.8) is 0 Å². The minimum absolute atomic E-state index is 0.102. The quantitative estimate of drug-likeness (QED) is 0.907. The number of benzene rings is 2. The smallest absolute Gasteiger partial charge is 0.315 e. The Morgan fingerprint density at radius 3 is 2.96 bits per heavy atom. The third kappa shape index (κ3) is 3.83. The Bertz CT molecular complexity index is 685. The fourth-order valence-corrected chi connectivity index (χ4v) is 3.08. The number of rotatable bonds is 4. The van der Waals surface area contributed by atoms with Gasteiger partial charge in [-0.3, -0.25) is 0 Å². The summed E-state index contributed by atoms with van der Waals surface area (Å²) < 4.78 is 5.19. The molecule has 0 aliphatic heterocycles. The van der Waals surface area contributed by atoms with E-state index < -0.39 is 0 Å². The van der Waals surface area contributed by atoms with Crippen LogP contribution in [-0.2, 0) is 13.0 Å². The van der Waals surface area contributed by atoms with Crippen molar-refractivity contribution in [2.24, 2.45) is 0 Å². The van der Waals surface area contributed by atoms with Gasteiger partial charge in [0.2, 0.25) is 0 Å². The molecule has 0 fully saturated rings. The van der Waals surface area contributed by atoms with Gasteiger partial charge in [0.05, 0.1) is 13.2 Å². The van der Waals surface area contributed by atoms with Gasteiger partial charge >= 0.3 is 6.03 Å². The molecule has 1 atom stereocenters. The standard InChI is InChI=1S/C19H22N2O2/c1-23-16-9-4-6-14(12-16)13-20-19(22)21-18-11-5-8-15-7-2-3-10-17(15)18/h2-4,6-7,9-10,12,18H,5,8,11,13H2,1H3,(H2,20,21,22). The van der Waals surface area contributed by atoms with Gasteiger partial charge in [-0.05, 0) is 48.1 Å². The largest absolute Gasteiger partial charge is 0.497 e. The van der Waals surface area contributed by atoms with Crippen LogP contribution < -0.4 is 15.4 Å². The minimum atomic E-state index is -0.130. The van der Waals surface area contributed by atoms with E-state index in [0.29, 0.717) is 6.54 Å². The number of carbonyl (C=O) groups is 1. The van der Waals surface area contributed by atoms with E-state index >= 15 is 0 Å². The first-order valence-corrected chi connectivity index (χ1v) is 8.01. The summed E-state index contributed by atoms with van der Waals surface area (Å²) in [5, 5.41) is 6.02. The van der Waals surface area contributed by atoms with E-state index in [0.717, 1.165) is 30.6 Å². The van der Waals surface area contributed by atoms with Crippen molar-refractivity contribution in [1.29, 1.82) is 0 Å². The van der Waals surface area contributed by atoms with E-state index in [2.05, 4.69) is 28.8 Å². The molecule has 1 aliphatic carbocycles. The zero-order chi connectivity index (χ0) is 16.1. The van der Waals surface area contributed by atoms with Crippen LogP contribution in [0, 0.1) is 0 Å². The van der Waals surface area contributed by atoms with Crippen LogP contribution in [0.5, 0.6) is 5.75 Å². The molecule has 0 bridgehead atoms. The lowest BCUT2D eigenvalue weighted by Crippen LogP contribution is -2.38. The number of carbonyl (C=O) groups excluding carboxylic acids is 1. The van der Waals surface area contributed by atoms with Crippen molar-refractivity contribution in [1.82, 2.24) is 10.6 Å². The van der Waals surface area contributed by atoms with Gasteiger partial charge in [-0.25, -0.2) is 4.79 Å². The summed E-state index contributed by atoms with van der Waals surface area (Å²) in [4.78, 5) is 12.2. The van der Waals surface area contributed by atoms with E-state index in [1.54, 1.807) is 7.11 Å². The zero-order valence-corrected chi connectivity index (χ0v) is 13.3. The molecule has 0 spiro atoms. The highest BCUT2D eigenvalue weighted by Gasteiger charge is 2.21. The second-order valence-electron chi connectivity index (χ2n) is 5.82. The van der Waals surface area contributed by atoms with Gasteiger partial charge < -0.3 is 15.4 Å². The second kappa shape index (κ2) is 7.18. The van der Waals surface area contributed by atoms with E-state index in [9.17, 15) is 4.79 Å². The minimum Gasteiger partial charge on any atom is -0.497 e. The number of hydrogen-bond donors (Lipinski definition) is 2. The lowest BCUT2D eigenvalue weighted by molar-refractivity contribution is 0.235. The van der Waals surface area contributed by atoms with Crippen molar-refractivity contribution < 1.29 is 9.53 Å². The number of nitrogens with one attached hydrogen (secondary N) is 2. The van der Waals surface area contributed by atoms with Crippen LogP contribution in [0.25, 0.3) is 0 Å². The van der Waals surface area contributed by atoms with Crippen molar-refractivity contribution in [3.05, 3.63) is 65.2 Å². The number of ether oxygens (including phenoxy) is 1. The lowest BCUT2D eigenvalue weighted by Gasteiger charge is -2.26. The number of hydrogen-bond acceptors (Lipinski definition) is 2. The van der Waals surface area contributed by atoms with Crippen LogP contribution in [-0.4, -0.2) is 13.1 Å². The predicted octanol–water partition coefficient (Wildman–Crippen LogP) is 3.57. The third-order valence-corrected chi connectivity index (χ3v) is 4.26. The summed E-state index contributed by atoms with van der Waals surface area (Å²) in [7, 11) is 1.64. The molecule has 1 aliphatic rings. The molecule has 23 heavy (non-hydrogen) atoms. The normalized spacial score (nSPS) is 16.3. The van der Waals surface area contributed by atoms with Gasteiger partial charge in [0.1, 0.15) is 5.75 Å². The molecule has 0 saturated carbocycles. The molecule has 1 unspecified atom stereocenters. The molecular weight excluding hydrogens is 288 g/mol. The highest BCUT2D eigenvalue weighted by atomic mass is 16.5. The Hall–Kier alpha value is -2.49. The molecule has 4 nitrogen and oxygen atoms in total. The molecule has 2 N–H and O–H groups in total.